The van der Waals surface area contributed by atoms with Crippen molar-refractivity contribution in [1.29, 1.82) is 0 Å². The Labute approximate surface area is 309 Å². The van der Waals surface area contributed by atoms with Gasteiger partial charge in [0.05, 0.1) is 10.9 Å². The van der Waals surface area contributed by atoms with E-state index in [0.717, 1.165) is 27.5 Å². The summed E-state index contributed by atoms with van der Waals surface area (Å²) in [6.07, 6.45) is 10.0. The number of benzene rings is 6. The number of hydrogen-bond acceptors (Lipinski definition) is 4. The molecule has 4 aromatic heterocycles. The fourth-order valence-corrected chi connectivity index (χ4v) is 10.4. The lowest BCUT2D eigenvalue weighted by atomic mass is 9.65. The largest absolute Gasteiger partial charge is 0.262 e. The zero-order chi connectivity index (χ0) is 34.7. The van der Waals surface area contributed by atoms with Crippen molar-refractivity contribution in [1.82, 2.24) is 19.5 Å². The van der Waals surface area contributed by atoms with E-state index in [1.807, 2.05) is 29.7 Å². The van der Waals surface area contributed by atoms with Gasteiger partial charge >= 0.3 is 0 Å². The van der Waals surface area contributed by atoms with E-state index in [1.165, 1.54) is 70.2 Å². The van der Waals surface area contributed by atoms with Gasteiger partial charge in [0.25, 0.3) is 0 Å². The van der Waals surface area contributed by atoms with Crippen molar-refractivity contribution in [2.45, 2.75) is 5.41 Å². The standard InChI is InChI=1S/C48H28N4S/c1-4-13-37-29(9-1)16-17-30-18-19-32(31-20-22-41-36(27-31)33-12-7-24-49-46(33)52(41)47-50-25-8-26-51-47)28-40(30)48(37)38-14-5-2-10-34(38)44-39(48)21-23-43-45(44)35-11-3-6-15-42(35)53-43/h1-28H. The first-order valence-electron chi connectivity index (χ1n) is 17.9. The quantitative estimate of drug-likeness (QED) is 0.181. The second-order valence-corrected chi connectivity index (χ2v) is 15.1. The maximum atomic E-state index is 4.79. The molecule has 53 heavy (non-hydrogen) atoms. The van der Waals surface area contributed by atoms with Gasteiger partial charge in [0.2, 0.25) is 5.95 Å². The first kappa shape index (κ1) is 28.9. The molecule has 0 aliphatic heterocycles. The van der Waals surface area contributed by atoms with Crippen molar-refractivity contribution in [2.75, 3.05) is 0 Å². The molecule has 0 fully saturated rings. The third kappa shape index (κ3) is 3.81. The van der Waals surface area contributed by atoms with Gasteiger partial charge in [-0.15, -0.1) is 11.3 Å². The molecule has 246 valence electrons. The average Bonchev–Trinajstić information content (AvgIpc) is 3.83. The third-order valence-corrected chi connectivity index (χ3v) is 12.6. The van der Waals surface area contributed by atoms with Crippen molar-refractivity contribution in [3.05, 3.63) is 191 Å². The molecule has 4 nitrogen and oxygen atoms in total. The van der Waals surface area contributed by atoms with Crippen LogP contribution >= 0.6 is 11.3 Å². The van der Waals surface area contributed by atoms with Gasteiger partial charge in [-0.2, -0.15) is 0 Å². The number of rotatable bonds is 2. The molecular formula is C48H28N4S. The molecule has 2 aliphatic carbocycles. The van der Waals surface area contributed by atoms with Crippen LogP contribution in [0.3, 0.4) is 0 Å². The Balaban J connectivity index is 1.16. The highest BCUT2D eigenvalue weighted by Gasteiger charge is 2.49. The molecule has 1 atom stereocenters. The van der Waals surface area contributed by atoms with E-state index < -0.39 is 5.41 Å². The van der Waals surface area contributed by atoms with E-state index in [-0.39, 0.29) is 0 Å². The lowest BCUT2D eigenvalue weighted by Gasteiger charge is -2.35. The summed E-state index contributed by atoms with van der Waals surface area (Å²) in [6.45, 7) is 0. The number of fused-ring (bicyclic) bond motifs is 16. The van der Waals surface area contributed by atoms with Gasteiger partial charge < -0.3 is 0 Å². The zero-order valence-electron chi connectivity index (χ0n) is 28.4. The molecule has 0 saturated heterocycles. The van der Waals surface area contributed by atoms with Crippen LogP contribution in [0.25, 0.3) is 82.5 Å². The van der Waals surface area contributed by atoms with E-state index in [4.69, 9.17) is 4.98 Å². The number of hydrogen-bond donors (Lipinski definition) is 0. The summed E-state index contributed by atoms with van der Waals surface area (Å²) in [6, 6.07) is 51.6. The van der Waals surface area contributed by atoms with Gasteiger partial charge in [0.1, 0.15) is 5.65 Å². The molecule has 1 unspecified atom stereocenters. The highest BCUT2D eigenvalue weighted by atomic mass is 32.1. The normalized spacial score (nSPS) is 15.5. The van der Waals surface area contributed by atoms with Gasteiger partial charge in [0, 0.05) is 49.5 Å². The monoisotopic (exact) mass is 692 g/mol. The minimum atomic E-state index is -0.525. The van der Waals surface area contributed by atoms with E-state index in [1.54, 1.807) is 12.4 Å². The van der Waals surface area contributed by atoms with Crippen molar-refractivity contribution >= 4 is 65.6 Å². The summed E-state index contributed by atoms with van der Waals surface area (Å²) in [5.41, 5.74) is 14.1. The second kappa shape index (κ2) is 10.7. The van der Waals surface area contributed by atoms with Crippen LogP contribution in [-0.2, 0) is 5.41 Å². The Morgan fingerprint density at radius 1 is 0.491 bits per heavy atom. The molecule has 6 aromatic carbocycles. The molecule has 10 aromatic rings. The Hall–Kier alpha value is -6.69. The van der Waals surface area contributed by atoms with Crippen LogP contribution in [0.1, 0.15) is 33.4 Å². The van der Waals surface area contributed by atoms with Crippen molar-refractivity contribution < 1.29 is 0 Å². The molecule has 2 aliphatic rings. The maximum absolute atomic E-state index is 4.79. The minimum Gasteiger partial charge on any atom is -0.262 e. The van der Waals surface area contributed by atoms with Crippen molar-refractivity contribution in [2.24, 2.45) is 0 Å². The third-order valence-electron chi connectivity index (χ3n) is 11.4. The molecule has 0 radical (unpaired) electrons. The van der Waals surface area contributed by atoms with Crippen LogP contribution in [0, 0.1) is 0 Å². The second-order valence-electron chi connectivity index (χ2n) is 14.0. The number of nitrogens with zero attached hydrogens (tertiary/aromatic N) is 4. The number of aromatic nitrogens is 4. The van der Waals surface area contributed by atoms with Gasteiger partial charge in [-0.25, -0.2) is 15.0 Å². The Bertz CT molecular complexity index is 3190. The highest BCUT2D eigenvalue weighted by Crippen LogP contribution is 2.61. The first-order chi connectivity index (χ1) is 26.3. The molecular weight excluding hydrogens is 665 g/mol. The van der Waals surface area contributed by atoms with E-state index >= 15 is 0 Å². The molecule has 12 rings (SSSR count). The lowest BCUT2D eigenvalue weighted by molar-refractivity contribution is 0.767. The Kier molecular flexibility index (Phi) is 5.83. The van der Waals surface area contributed by atoms with Crippen LogP contribution in [0.15, 0.2) is 158 Å². The molecule has 4 heterocycles. The fourth-order valence-electron chi connectivity index (χ4n) is 9.31. The molecule has 0 N–H and O–H groups in total. The average molecular weight is 693 g/mol. The SMILES string of the molecule is C1=Cc2ccc(-c3ccc4c(c3)c3cccnc3n4-c3ncccn3)cc2C2(c3ccccc31)c1ccccc1-c1c2ccc2sc3ccccc3c12. The Morgan fingerprint density at radius 2 is 1.23 bits per heavy atom. The summed E-state index contributed by atoms with van der Waals surface area (Å²) in [5.74, 6) is 0.613. The fraction of sp³-hybridized carbons (Fsp3) is 0.0208. The van der Waals surface area contributed by atoms with Crippen molar-refractivity contribution in [3.63, 3.8) is 0 Å². The van der Waals surface area contributed by atoms with Gasteiger partial charge in [-0.3, -0.25) is 4.57 Å². The summed E-state index contributed by atoms with van der Waals surface area (Å²) < 4.78 is 4.71. The van der Waals surface area contributed by atoms with E-state index in [2.05, 4.69) is 154 Å². The first-order valence-corrected chi connectivity index (χ1v) is 18.7. The van der Waals surface area contributed by atoms with Crippen LogP contribution in [-0.4, -0.2) is 19.5 Å². The lowest BCUT2D eigenvalue weighted by Crippen LogP contribution is -2.30. The van der Waals surface area contributed by atoms with Crippen molar-refractivity contribution in [3.8, 4) is 28.2 Å². The molecule has 0 amide bonds. The smallest absolute Gasteiger partial charge is 0.235 e. The summed E-state index contributed by atoms with van der Waals surface area (Å²) in [7, 11) is 0. The summed E-state index contributed by atoms with van der Waals surface area (Å²) >= 11 is 1.89. The topological polar surface area (TPSA) is 43.6 Å². The maximum Gasteiger partial charge on any atom is 0.235 e. The van der Waals surface area contributed by atoms with E-state index in [0.29, 0.717) is 5.95 Å². The van der Waals surface area contributed by atoms with Crippen LogP contribution in [0.5, 0.6) is 0 Å². The highest BCUT2D eigenvalue weighted by molar-refractivity contribution is 7.26. The molecule has 0 saturated carbocycles. The van der Waals surface area contributed by atoms with Gasteiger partial charge in [-0.05, 0) is 104 Å². The molecule has 5 heteroatoms. The van der Waals surface area contributed by atoms with Crippen LogP contribution < -0.4 is 0 Å². The van der Waals surface area contributed by atoms with Gasteiger partial charge in [0.15, 0.2) is 0 Å². The van der Waals surface area contributed by atoms with E-state index in [9.17, 15) is 0 Å². The van der Waals surface area contributed by atoms with Crippen LogP contribution in [0.2, 0.25) is 0 Å². The predicted molar refractivity (Wildman–Crippen MR) is 219 cm³/mol. The number of thiophene rings is 1. The zero-order valence-corrected chi connectivity index (χ0v) is 29.2. The van der Waals surface area contributed by atoms with Crippen LogP contribution in [0.4, 0.5) is 0 Å². The minimum absolute atomic E-state index is 0.525. The molecule has 0 bridgehead atoms. The number of pyridine rings is 1. The molecule has 1 spiro atoms. The van der Waals surface area contributed by atoms with Gasteiger partial charge in [-0.1, -0.05) is 103 Å². The summed E-state index contributed by atoms with van der Waals surface area (Å²) in [5, 5.41) is 4.88. The Morgan fingerprint density at radius 3 is 2.15 bits per heavy atom. The predicted octanol–water partition coefficient (Wildman–Crippen LogP) is 11.9. The summed E-state index contributed by atoms with van der Waals surface area (Å²) in [4.78, 5) is 14.0.